The van der Waals surface area contributed by atoms with Crippen molar-refractivity contribution in [2.75, 3.05) is 0 Å². The Bertz CT molecular complexity index is 2770. The molecule has 0 fully saturated rings. The summed E-state index contributed by atoms with van der Waals surface area (Å²) in [6, 6.07) is 48.4. The van der Waals surface area contributed by atoms with Gasteiger partial charge in [-0.2, -0.15) is 10.5 Å². The molecule has 0 atom stereocenters. The molecule has 4 heteroatoms. The van der Waals surface area contributed by atoms with Gasteiger partial charge in [0.05, 0.1) is 51.2 Å². The zero-order valence-electron chi connectivity index (χ0n) is 27.9. The Kier molecular flexibility index (Phi) is 7.49. The maximum atomic E-state index is 10.4. The number of hydrogen-bond donors (Lipinski definition) is 0. The number of benzene rings is 6. The third-order valence-corrected chi connectivity index (χ3v) is 9.51. The molecular weight excluding hydrogens is 609 g/mol. The molecule has 8 rings (SSSR count). The monoisotopic (exact) mass is 640 g/mol. The second-order valence-electron chi connectivity index (χ2n) is 12.5. The third-order valence-electron chi connectivity index (χ3n) is 9.51. The lowest BCUT2D eigenvalue weighted by Gasteiger charge is -2.17. The highest BCUT2D eigenvalue weighted by Gasteiger charge is 2.19. The number of aromatic nitrogens is 2. The van der Waals surface area contributed by atoms with Crippen LogP contribution in [0.3, 0.4) is 0 Å². The molecule has 236 valence electrons. The molecule has 50 heavy (non-hydrogen) atoms. The van der Waals surface area contributed by atoms with Crippen LogP contribution in [0, 0.1) is 29.6 Å². The van der Waals surface area contributed by atoms with Crippen LogP contribution in [-0.4, -0.2) is 9.13 Å². The fraction of sp³-hybridized carbons (Fsp3) is 0.0435. The Morgan fingerprint density at radius 2 is 1.34 bits per heavy atom. The van der Waals surface area contributed by atoms with E-state index >= 15 is 0 Å². The Morgan fingerprint density at radius 1 is 0.620 bits per heavy atom. The van der Waals surface area contributed by atoms with Gasteiger partial charge in [0.25, 0.3) is 0 Å². The van der Waals surface area contributed by atoms with Crippen molar-refractivity contribution in [3.8, 4) is 45.8 Å². The summed E-state index contributed by atoms with van der Waals surface area (Å²) >= 11 is 0. The Morgan fingerprint density at radius 3 is 2.10 bits per heavy atom. The van der Waals surface area contributed by atoms with E-state index in [1.54, 1.807) is 0 Å². The van der Waals surface area contributed by atoms with Gasteiger partial charge in [0.2, 0.25) is 0 Å². The fourth-order valence-corrected chi connectivity index (χ4v) is 7.40. The van der Waals surface area contributed by atoms with Gasteiger partial charge in [-0.25, -0.2) is 0 Å². The number of aryl methyl sites for hydroxylation is 1. The smallest absolute Gasteiger partial charge is 0.0998 e. The molecule has 2 heterocycles. The zero-order valence-corrected chi connectivity index (χ0v) is 27.9. The molecule has 0 aliphatic rings. The van der Waals surface area contributed by atoms with Gasteiger partial charge in [0, 0.05) is 38.5 Å². The van der Waals surface area contributed by atoms with Crippen LogP contribution in [0.2, 0.25) is 0 Å². The lowest BCUT2D eigenvalue weighted by Crippen LogP contribution is -1.99. The van der Waals surface area contributed by atoms with Crippen LogP contribution >= 0.6 is 0 Å². The minimum atomic E-state index is 0.601. The Balaban J connectivity index is 1.34. The summed E-state index contributed by atoms with van der Waals surface area (Å²) in [5, 5.41) is 23.3. The van der Waals surface area contributed by atoms with Crippen LogP contribution in [-0.2, 0) is 0 Å². The van der Waals surface area contributed by atoms with Crippen molar-refractivity contribution in [3.63, 3.8) is 0 Å². The maximum absolute atomic E-state index is 10.4. The average molecular weight is 641 g/mol. The van der Waals surface area contributed by atoms with E-state index in [9.17, 15) is 10.5 Å². The number of para-hydroxylation sites is 3. The standard InChI is InChI=1S/C46H32N4/c1-4-12-42-36(5-2)37-13-6-9-16-43(37)49(42)35-24-30(3)23-34(26-35)32-20-21-33(29-48)40(27-32)38-14-7-10-17-44(38)50-45-18-11-8-15-39(45)41-25-31(28-47)19-22-46(41)50/h4-27H,2H2,1,3H3/b12-4-. The zero-order chi connectivity index (χ0) is 34.4. The van der Waals surface area contributed by atoms with Crippen LogP contribution in [0.4, 0.5) is 0 Å². The van der Waals surface area contributed by atoms with Gasteiger partial charge in [0.15, 0.2) is 0 Å². The number of rotatable bonds is 6. The Hall–Kier alpha value is -6.88. The molecule has 4 nitrogen and oxygen atoms in total. The first-order valence-corrected chi connectivity index (χ1v) is 16.6. The first-order valence-electron chi connectivity index (χ1n) is 16.6. The molecule has 8 aromatic rings. The summed E-state index contributed by atoms with van der Waals surface area (Å²) in [6.07, 6.45) is 6.15. The SMILES string of the molecule is C=Cc1c(/C=C\C)n(-c2cc(C)cc(-c3ccc(C#N)c(-c4ccccc4-n4c5ccccc5c5cc(C#N)ccc54)c3)c2)c2ccccc12. The van der Waals surface area contributed by atoms with Crippen LogP contribution in [0.15, 0.2) is 140 Å². The molecule has 0 radical (unpaired) electrons. The fourth-order valence-electron chi connectivity index (χ4n) is 7.40. The molecule has 0 N–H and O–H groups in total. The first kappa shape index (κ1) is 30.5. The van der Waals surface area contributed by atoms with Crippen molar-refractivity contribution in [1.82, 2.24) is 9.13 Å². The summed E-state index contributed by atoms with van der Waals surface area (Å²) in [5.74, 6) is 0. The van der Waals surface area contributed by atoms with Crippen molar-refractivity contribution >= 4 is 44.9 Å². The highest BCUT2D eigenvalue weighted by Crippen LogP contribution is 2.39. The van der Waals surface area contributed by atoms with E-state index < -0.39 is 0 Å². The van der Waals surface area contributed by atoms with E-state index in [1.807, 2.05) is 67.6 Å². The van der Waals surface area contributed by atoms with Crippen LogP contribution in [0.1, 0.15) is 34.9 Å². The van der Waals surface area contributed by atoms with Crippen LogP contribution < -0.4 is 0 Å². The number of hydrogen-bond acceptors (Lipinski definition) is 2. The van der Waals surface area contributed by atoms with E-state index in [1.165, 1.54) is 0 Å². The molecule has 0 spiro atoms. The first-order chi connectivity index (χ1) is 24.5. The number of nitrogens with zero attached hydrogens (tertiary/aromatic N) is 4. The maximum Gasteiger partial charge on any atom is 0.0998 e. The topological polar surface area (TPSA) is 57.4 Å². The van der Waals surface area contributed by atoms with Crippen molar-refractivity contribution in [2.45, 2.75) is 13.8 Å². The highest BCUT2D eigenvalue weighted by atomic mass is 15.0. The predicted octanol–water partition coefficient (Wildman–Crippen LogP) is 11.8. The minimum Gasteiger partial charge on any atom is -0.309 e. The minimum absolute atomic E-state index is 0.601. The van der Waals surface area contributed by atoms with E-state index in [4.69, 9.17) is 0 Å². The summed E-state index contributed by atoms with van der Waals surface area (Å²) < 4.78 is 4.56. The average Bonchev–Trinajstić information content (AvgIpc) is 3.66. The molecule has 0 unspecified atom stereocenters. The van der Waals surface area contributed by atoms with Gasteiger partial charge in [-0.1, -0.05) is 85.5 Å². The normalized spacial score (nSPS) is 11.4. The van der Waals surface area contributed by atoms with Gasteiger partial charge in [-0.3, -0.25) is 0 Å². The van der Waals surface area contributed by atoms with E-state index in [2.05, 4.69) is 120 Å². The summed E-state index contributed by atoms with van der Waals surface area (Å²) in [5.41, 5.74) is 13.6. The molecule has 6 aromatic carbocycles. The summed E-state index contributed by atoms with van der Waals surface area (Å²) in [4.78, 5) is 0. The molecule has 0 saturated heterocycles. The second kappa shape index (κ2) is 12.3. The quantitative estimate of drug-likeness (QED) is 0.182. The van der Waals surface area contributed by atoms with E-state index in [0.29, 0.717) is 11.1 Å². The summed E-state index contributed by atoms with van der Waals surface area (Å²) in [7, 11) is 0. The molecule has 0 saturated carbocycles. The van der Waals surface area contributed by atoms with Crippen molar-refractivity contribution in [2.24, 2.45) is 0 Å². The Labute approximate surface area is 291 Å². The van der Waals surface area contributed by atoms with Crippen molar-refractivity contribution in [3.05, 3.63) is 168 Å². The lowest BCUT2D eigenvalue weighted by atomic mass is 9.93. The van der Waals surface area contributed by atoms with Gasteiger partial charge in [0.1, 0.15) is 0 Å². The summed E-state index contributed by atoms with van der Waals surface area (Å²) in [6.45, 7) is 8.31. The highest BCUT2D eigenvalue weighted by molar-refractivity contribution is 6.10. The van der Waals surface area contributed by atoms with Gasteiger partial charge in [-0.05, 0) is 97.3 Å². The third kappa shape index (κ3) is 4.83. The van der Waals surface area contributed by atoms with Crippen LogP contribution in [0.25, 0.3) is 78.5 Å². The second-order valence-corrected chi connectivity index (χ2v) is 12.5. The largest absolute Gasteiger partial charge is 0.309 e. The molecule has 0 aliphatic carbocycles. The molecule has 2 aromatic heterocycles. The molecule has 0 amide bonds. The lowest BCUT2D eigenvalue weighted by molar-refractivity contribution is 1.10. The van der Waals surface area contributed by atoms with Crippen molar-refractivity contribution in [1.29, 1.82) is 10.5 Å². The molecule has 0 bridgehead atoms. The predicted molar refractivity (Wildman–Crippen MR) is 207 cm³/mol. The molecule has 0 aliphatic heterocycles. The van der Waals surface area contributed by atoms with Crippen LogP contribution in [0.5, 0.6) is 0 Å². The van der Waals surface area contributed by atoms with Gasteiger partial charge >= 0.3 is 0 Å². The molecular formula is C46H32N4. The number of allylic oxidation sites excluding steroid dienone is 1. The van der Waals surface area contributed by atoms with Gasteiger partial charge < -0.3 is 9.13 Å². The number of fused-ring (bicyclic) bond motifs is 4. The van der Waals surface area contributed by atoms with E-state index in [0.717, 1.165) is 83.2 Å². The van der Waals surface area contributed by atoms with Gasteiger partial charge in [-0.15, -0.1) is 0 Å². The van der Waals surface area contributed by atoms with Crippen molar-refractivity contribution < 1.29 is 0 Å². The van der Waals surface area contributed by atoms with E-state index in [-0.39, 0.29) is 0 Å². The number of nitriles is 2.